The molecule has 6 heteroatoms. The number of hydrogen-bond donors (Lipinski definition) is 2. The van der Waals surface area contributed by atoms with Gasteiger partial charge in [-0.1, -0.05) is 30.3 Å². The number of aliphatic hydroxyl groups excluding tert-OH is 1. The van der Waals surface area contributed by atoms with E-state index in [2.05, 4.69) is 46.4 Å². The molecule has 1 atom stereocenters. The van der Waals surface area contributed by atoms with E-state index >= 15 is 0 Å². The van der Waals surface area contributed by atoms with Crippen LogP contribution in [-0.2, 0) is 11.2 Å². The van der Waals surface area contributed by atoms with Crippen LogP contribution in [0, 0.1) is 0 Å². The van der Waals surface area contributed by atoms with Crippen molar-refractivity contribution in [2.45, 2.75) is 32.3 Å². The average molecular weight is 447 g/mol. The van der Waals surface area contributed by atoms with Crippen LogP contribution in [0.1, 0.15) is 25.3 Å². The molecular weight excluding hydrogens is 417 g/mol. The van der Waals surface area contributed by atoms with Gasteiger partial charge in [-0.2, -0.15) is 0 Å². The fourth-order valence-corrected chi connectivity index (χ4v) is 2.65. The maximum absolute atomic E-state index is 9.63. The van der Waals surface area contributed by atoms with Crippen molar-refractivity contribution in [1.29, 1.82) is 0 Å². The summed E-state index contributed by atoms with van der Waals surface area (Å²) in [4.78, 5) is 6.76. The smallest absolute Gasteiger partial charge is 0.194 e. The molecule has 0 aromatic heterocycles. The van der Waals surface area contributed by atoms with Crippen LogP contribution in [0.15, 0.2) is 35.3 Å². The first-order chi connectivity index (χ1) is 11.3. The van der Waals surface area contributed by atoms with Gasteiger partial charge >= 0.3 is 0 Å². The number of ether oxygens (including phenoxy) is 1. The van der Waals surface area contributed by atoms with Crippen LogP contribution in [0.25, 0.3) is 0 Å². The molecule has 0 radical (unpaired) electrons. The highest BCUT2D eigenvalue weighted by atomic mass is 127. The standard InChI is InChI=1S/C18H29N3O2.HI/c1-2-19-18(21-12-9-17(22)15-21)20-11-6-13-23-14-10-16-7-4-3-5-8-16;/h3-5,7-8,17,22H,2,6,9-15H2,1H3,(H,19,20);1H/t17-;/m1./s1. The highest BCUT2D eigenvalue weighted by Crippen LogP contribution is 2.08. The summed E-state index contributed by atoms with van der Waals surface area (Å²) in [5, 5.41) is 12.9. The Morgan fingerprint density at radius 3 is 2.79 bits per heavy atom. The Kier molecular flexibility index (Phi) is 11.0. The second kappa shape index (κ2) is 12.5. The molecule has 0 bridgehead atoms. The number of aliphatic hydroxyl groups is 1. The number of rotatable bonds is 8. The lowest BCUT2D eigenvalue weighted by atomic mass is 10.2. The second-order valence-electron chi connectivity index (χ2n) is 5.83. The molecule has 1 fully saturated rings. The van der Waals surface area contributed by atoms with E-state index in [9.17, 15) is 5.11 Å². The van der Waals surface area contributed by atoms with E-state index in [1.807, 2.05) is 6.07 Å². The van der Waals surface area contributed by atoms with E-state index in [4.69, 9.17) is 4.74 Å². The quantitative estimate of drug-likeness (QED) is 0.278. The third kappa shape index (κ3) is 7.81. The summed E-state index contributed by atoms with van der Waals surface area (Å²) in [6, 6.07) is 10.4. The molecular formula is C18H30IN3O2. The van der Waals surface area contributed by atoms with Crippen LogP contribution in [0.5, 0.6) is 0 Å². The van der Waals surface area contributed by atoms with E-state index in [0.717, 1.165) is 58.1 Å². The number of hydrogen-bond acceptors (Lipinski definition) is 3. The van der Waals surface area contributed by atoms with Crippen LogP contribution in [0.2, 0.25) is 0 Å². The number of halogens is 1. The predicted molar refractivity (Wildman–Crippen MR) is 109 cm³/mol. The van der Waals surface area contributed by atoms with Crippen molar-refractivity contribution in [2.75, 3.05) is 39.4 Å². The van der Waals surface area contributed by atoms with Crippen molar-refractivity contribution in [2.24, 2.45) is 4.99 Å². The number of guanidine groups is 1. The Morgan fingerprint density at radius 2 is 2.12 bits per heavy atom. The Hall–Kier alpha value is -0.860. The molecule has 0 saturated carbocycles. The topological polar surface area (TPSA) is 57.1 Å². The van der Waals surface area contributed by atoms with Gasteiger partial charge in [-0.15, -0.1) is 24.0 Å². The van der Waals surface area contributed by atoms with Crippen LogP contribution in [0.4, 0.5) is 0 Å². The minimum Gasteiger partial charge on any atom is -0.391 e. The molecule has 0 spiro atoms. The fraction of sp³-hybridized carbons (Fsp3) is 0.611. The van der Waals surface area contributed by atoms with Crippen molar-refractivity contribution in [3.05, 3.63) is 35.9 Å². The van der Waals surface area contributed by atoms with Gasteiger partial charge in [0.1, 0.15) is 0 Å². The summed E-state index contributed by atoms with van der Waals surface area (Å²) in [5.74, 6) is 0.910. The summed E-state index contributed by atoms with van der Waals surface area (Å²) in [7, 11) is 0. The van der Waals surface area contributed by atoms with E-state index in [1.165, 1.54) is 5.56 Å². The molecule has 2 rings (SSSR count). The zero-order valence-corrected chi connectivity index (χ0v) is 16.8. The van der Waals surface area contributed by atoms with Gasteiger partial charge in [0.25, 0.3) is 0 Å². The minimum atomic E-state index is -0.222. The van der Waals surface area contributed by atoms with E-state index in [-0.39, 0.29) is 30.1 Å². The van der Waals surface area contributed by atoms with Crippen LogP contribution in [-0.4, -0.2) is 61.5 Å². The summed E-state index contributed by atoms with van der Waals surface area (Å²) >= 11 is 0. The number of β-amino-alcohol motifs (C(OH)–C–C–N with tert-alkyl or cyclic N) is 1. The Bertz CT molecular complexity index is 471. The predicted octanol–water partition coefficient (Wildman–Crippen LogP) is 2.29. The monoisotopic (exact) mass is 447 g/mol. The van der Waals surface area contributed by atoms with Gasteiger partial charge < -0.3 is 20.1 Å². The molecule has 1 aromatic carbocycles. The van der Waals surface area contributed by atoms with Crippen LogP contribution < -0.4 is 5.32 Å². The minimum absolute atomic E-state index is 0. The molecule has 1 heterocycles. The van der Waals surface area contributed by atoms with Crippen LogP contribution >= 0.6 is 24.0 Å². The fourth-order valence-electron chi connectivity index (χ4n) is 2.65. The third-order valence-corrected chi connectivity index (χ3v) is 3.88. The van der Waals surface area contributed by atoms with Gasteiger partial charge in [0.2, 0.25) is 0 Å². The highest BCUT2D eigenvalue weighted by molar-refractivity contribution is 14.0. The van der Waals surface area contributed by atoms with Crippen molar-refractivity contribution in [3.63, 3.8) is 0 Å². The number of benzene rings is 1. The number of nitrogens with zero attached hydrogens (tertiary/aromatic N) is 2. The Morgan fingerprint density at radius 1 is 1.33 bits per heavy atom. The van der Waals surface area contributed by atoms with Gasteiger partial charge in [0.05, 0.1) is 12.7 Å². The number of nitrogens with one attached hydrogen (secondary N) is 1. The van der Waals surface area contributed by atoms with Gasteiger partial charge in [-0.3, -0.25) is 4.99 Å². The van der Waals surface area contributed by atoms with E-state index < -0.39 is 0 Å². The molecule has 136 valence electrons. The highest BCUT2D eigenvalue weighted by Gasteiger charge is 2.22. The molecule has 1 aliphatic heterocycles. The summed E-state index contributed by atoms with van der Waals surface area (Å²) in [5.41, 5.74) is 1.31. The molecule has 24 heavy (non-hydrogen) atoms. The molecule has 5 nitrogen and oxygen atoms in total. The third-order valence-electron chi connectivity index (χ3n) is 3.88. The lowest BCUT2D eigenvalue weighted by Gasteiger charge is -2.20. The molecule has 0 amide bonds. The van der Waals surface area contributed by atoms with E-state index in [0.29, 0.717) is 6.54 Å². The summed E-state index contributed by atoms with van der Waals surface area (Å²) in [6.07, 6.45) is 2.48. The van der Waals surface area contributed by atoms with Crippen molar-refractivity contribution in [1.82, 2.24) is 10.2 Å². The zero-order valence-electron chi connectivity index (χ0n) is 14.5. The van der Waals surface area contributed by atoms with Crippen molar-refractivity contribution in [3.8, 4) is 0 Å². The van der Waals surface area contributed by atoms with E-state index in [1.54, 1.807) is 0 Å². The lowest BCUT2D eigenvalue weighted by Crippen LogP contribution is -2.40. The summed E-state index contributed by atoms with van der Waals surface area (Å²) < 4.78 is 5.68. The van der Waals surface area contributed by atoms with Crippen molar-refractivity contribution < 1.29 is 9.84 Å². The van der Waals surface area contributed by atoms with Gasteiger partial charge in [-0.25, -0.2) is 0 Å². The number of aliphatic imine (C=N–C) groups is 1. The first kappa shape index (κ1) is 21.2. The van der Waals surface area contributed by atoms with Gasteiger partial charge in [0, 0.05) is 32.8 Å². The van der Waals surface area contributed by atoms with Gasteiger partial charge in [0.15, 0.2) is 5.96 Å². The number of likely N-dealkylation sites (tertiary alicyclic amines) is 1. The lowest BCUT2D eigenvalue weighted by molar-refractivity contribution is 0.136. The van der Waals surface area contributed by atoms with Crippen molar-refractivity contribution >= 4 is 29.9 Å². The second-order valence-corrected chi connectivity index (χ2v) is 5.83. The summed E-state index contributed by atoms with van der Waals surface area (Å²) in [6.45, 7) is 6.71. The zero-order chi connectivity index (χ0) is 16.3. The molecule has 1 saturated heterocycles. The molecule has 1 aliphatic rings. The Labute approximate surface area is 162 Å². The largest absolute Gasteiger partial charge is 0.391 e. The SMILES string of the molecule is CCNC(=NCCCOCCc1ccccc1)N1CC[C@@H](O)C1.I. The molecule has 0 unspecified atom stereocenters. The normalized spacial score (nSPS) is 17.7. The first-order valence-electron chi connectivity index (χ1n) is 8.62. The van der Waals surface area contributed by atoms with Crippen LogP contribution in [0.3, 0.4) is 0 Å². The molecule has 0 aliphatic carbocycles. The van der Waals surface area contributed by atoms with Gasteiger partial charge in [-0.05, 0) is 31.7 Å². The molecule has 1 aromatic rings. The molecule has 2 N–H and O–H groups in total. The average Bonchev–Trinajstić information content (AvgIpc) is 3.00. The first-order valence-corrected chi connectivity index (χ1v) is 8.62. The Balaban J connectivity index is 0.00000288. The maximum Gasteiger partial charge on any atom is 0.194 e. The maximum atomic E-state index is 9.63.